The molecule has 0 aromatic carbocycles. The Morgan fingerprint density at radius 1 is 1.22 bits per heavy atom. The van der Waals surface area contributed by atoms with Crippen molar-refractivity contribution in [3.63, 3.8) is 0 Å². The predicted octanol–water partition coefficient (Wildman–Crippen LogP) is 1.77. The van der Waals surface area contributed by atoms with Crippen molar-refractivity contribution in [2.75, 3.05) is 0 Å². The van der Waals surface area contributed by atoms with Crippen molar-refractivity contribution in [3.05, 3.63) is 0 Å². The van der Waals surface area contributed by atoms with Gasteiger partial charge in [-0.3, -0.25) is 0 Å². The lowest BCUT2D eigenvalue weighted by molar-refractivity contribution is 0.263. The zero-order valence-corrected chi connectivity index (χ0v) is 6.43. The molecule has 1 saturated carbocycles. The Balaban J connectivity index is 2.35. The molecule has 0 aromatic heterocycles. The summed E-state index contributed by atoms with van der Waals surface area (Å²) < 4.78 is 0. The molecule has 3 atom stereocenters. The molecule has 2 N–H and O–H groups in total. The molecule has 0 unspecified atom stereocenters. The molecule has 1 rings (SSSR count). The van der Waals surface area contributed by atoms with E-state index < -0.39 is 0 Å². The molecule has 1 heteroatoms. The maximum absolute atomic E-state index is 5.84. The summed E-state index contributed by atoms with van der Waals surface area (Å²) >= 11 is 0. The quantitative estimate of drug-likeness (QED) is 0.527. The van der Waals surface area contributed by atoms with Gasteiger partial charge >= 0.3 is 0 Å². The highest BCUT2D eigenvalue weighted by Gasteiger charge is 2.21. The monoisotopic (exact) mass is 127 g/mol. The van der Waals surface area contributed by atoms with E-state index in [4.69, 9.17) is 5.73 Å². The third kappa shape index (κ3) is 1.68. The molecule has 1 nitrogen and oxygen atoms in total. The first-order chi connectivity index (χ1) is 4.20. The molecule has 0 amide bonds. The zero-order valence-electron chi connectivity index (χ0n) is 6.43. The Hall–Kier alpha value is -0.0400. The van der Waals surface area contributed by atoms with E-state index in [0.29, 0.717) is 6.04 Å². The van der Waals surface area contributed by atoms with Crippen LogP contribution in [0.25, 0.3) is 0 Å². The van der Waals surface area contributed by atoms with Gasteiger partial charge in [-0.25, -0.2) is 0 Å². The molecule has 54 valence electrons. The summed E-state index contributed by atoms with van der Waals surface area (Å²) in [5.41, 5.74) is 5.84. The highest BCUT2D eigenvalue weighted by atomic mass is 14.7. The third-order valence-electron chi connectivity index (χ3n) is 2.50. The summed E-state index contributed by atoms with van der Waals surface area (Å²) in [7, 11) is 0. The Kier molecular flexibility index (Phi) is 2.12. The van der Waals surface area contributed by atoms with Crippen molar-refractivity contribution < 1.29 is 0 Å². The maximum Gasteiger partial charge on any atom is 0.00647 e. The van der Waals surface area contributed by atoms with E-state index in [9.17, 15) is 0 Å². The van der Waals surface area contributed by atoms with E-state index in [1.54, 1.807) is 0 Å². The lowest BCUT2D eigenvalue weighted by atomic mass is 9.80. The van der Waals surface area contributed by atoms with Crippen LogP contribution in [0.5, 0.6) is 0 Å². The molecule has 0 saturated heterocycles. The summed E-state index contributed by atoms with van der Waals surface area (Å²) in [4.78, 5) is 0. The molecular formula is C8H17N. The van der Waals surface area contributed by atoms with Crippen molar-refractivity contribution in [1.82, 2.24) is 0 Å². The molecular weight excluding hydrogens is 110 g/mol. The Morgan fingerprint density at radius 2 is 1.89 bits per heavy atom. The van der Waals surface area contributed by atoms with Crippen molar-refractivity contribution in [2.45, 2.75) is 39.2 Å². The van der Waals surface area contributed by atoms with Crippen molar-refractivity contribution in [2.24, 2.45) is 17.6 Å². The van der Waals surface area contributed by atoms with Crippen LogP contribution in [0.4, 0.5) is 0 Å². The van der Waals surface area contributed by atoms with Crippen molar-refractivity contribution >= 4 is 0 Å². The molecule has 0 aliphatic heterocycles. The number of nitrogens with two attached hydrogens (primary N) is 1. The van der Waals surface area contributed by atoms with Gasteiger partial charge in [-0.1, -0.05) is 13.8 Å². The molecule has 9 heavy (non-hydrogen) atoms. The summed E-state index contributed by atoms with van der Waals surface area (Å²) in [6, 6.07) is 0.487. The Morgan fingerprint density at radius 3 is 2.33 bits per heavy atom. The average molecular weight is 127 g/mol. The van der Waals surface area contributed by atoms with Gasteiger partial charge in [0, 0.05) is 6.04 Å². The van der Waals surface area contributed by atoms with Gasteiger partial charge in [0.15, 0.2) is 0 Å². The van der Waals surface area contributed by atoms with Gasteiger partial charge in [-0.2, -0.15) is 0 Å². The van der Waals surface area contributed by atoms with Crippen LogP contribution in [0.15, 0.2) is 0 Å². The van der Waals surface area contributed by atoms with E-state index in [-0.39, 0.29) is 0 Å². The first-order valence-electron chi connectivity index (χ1n) is 3.95. The second kappa shape index (κ2) is 2.70. The van der Waals surface area contributed by atoms with Crippen LogP contribution in [0, 0.1) is 11.8 Å². The summed E-state index contributed by atoms with van der Waals surface area (Å²) in [5, 5.41) is 0. The van der Waals surface area contributed by atoms with Crippen LogP contribution < -0.4 is 5.73 Å². The lowest BCUT2D eigenvalue weighted by Crippen LogP contribution is -2.33. The Labute approximate surface area is 57.6 Å². The van der Waals surface area contributed by atoms with Crippen LogP contribution in [0.3, 0.4) is 0 Å². The normalized spacial score (nSPS) is 45.0. The van der Waals surface area contributed by atoms with Gasteiger partial charge < -0.3 is 5.73 Å². The highest BCUT2D eigenvalue weighted by molar-refractivity contribution is 4.77. The molecule has 0 radical (unpaired) electrons. The van der Waals surface area contributed by atoms with Crippen molar-refractivity contribution in [3.8, 4) is 0 Å². The SMILES string of the molecule is C[C@H]1CC[C@H](N)[C@H](C)C1. The second-order valence-corrected chi connectivity index (χ2v) is 3.56. The fourth-order valence-electron chi connectivity index (χ4n) is 1.69. The molecule has 0 spiro atoms. The number of rotatable bonds is 0. The fourth-order valence-corrected chi connectivity index (χ4v) is 1.69. The second-order valence-electron chi connectivity index (χ2n) is 3.56. The van der Waals surface area contributed by atoms with Gasteiger partial charge in [0.05, 0.1) is 0 Å². The van der Waals surface area contributed by atoms with Crippen LogP contribution in [-0.2, 0) is 0 Å². The predicted molar refractivity (Wildman–Crippen MR) is 40.2 cm³/mol. The zero-order chi connectivity index (χ0) is 6.85. The van der Waals surface area contributed by atoms with E-state index in [2.05, 4.69) is 13.8 Å². The molecule has 1 aliphatic carbocycles. The van der Waals surface area contributed by atoms with Gasteiger partial charge in [-0.05, 0) is 31.1 Å². The van der Waals surface area contributed by atoms with Crippen LogP contribution >= 0.6 is 0 Å². The number of hydrogen-bond acceptors (Lipinski definition) is 1. The van der Waals surface area contributed by atoms with Crippen LogP contribution in [0.1, 0.15) is 33.1 Å². The van der Waals surface area contributed by atoms with Crippen molar-refractivity contribution in [1.29, 1.82) is 0 Å². The molecule has 0 bridgehead atoms. The van der Waals surface area contributed by atoms with Gasteiger partial charge in [0.2, 0.25) is 0 Å². The minimum Gasteiger partial charge on any atom is -0.327 e. The third-order valence-corrected chi connectivity index (χ3v) is 2.50. The summed E-state index contributed by atoms with van der Waals surface area (Å²) in [6.07, 6.45) is 3.91. The smallest absolute Gasteiger partial charge is 0.00647 e. The van der Waals surface area contributed by atoms with E-state index >= 15 is 0 Å². The number of hydrogen-bond donors (Lipinski definition) is 1. The largest absolute Gasteiger partial charge is 0.327 e. The molecule has 0 heterocycles. The minimum absolute atomic E-state index is 0.487. The van der Waals surface area contributed by atoms with Gasteiger partial charge in [0.25, 0.3) is 0 Å². The maximum atomic E-state index is 5.84. The Bertz CT molecular complexity index is 90.6. The van der Waals surface area contributed by atoms with Crippen LogP contribution in [0.2, 0.25) is 0 Å². The molecule has 1 fully saturated rings. The summed E-state index contributed by atoms with van der Waals surface area (Å²) in [5.74, 6) is 1.67. The van der Waals surface area contributed by atoms with E-state index in [1.807, 2.05) is 0 Å². The first-order valence-corrected chi connectivity index (χ1v) is 3.95. The van der Waals surface area contributed by atoms with Crippen LogP contribution in [-0.4, -0.2) is 6.04 Å². The van der Waals surface area contributed by atoms with Gasteiger partial charge in [0.1, 0.15) is 0 Å². The lowest BCUT2D eigenvalue weighted by Gasteiger charge is -2.29. The molecule has 0 aromatic rings. The molecule has 1 aliphatic rings. The minimum atomic E-state index is 0.487. The average Bonchev–Trinajstić information content (AvgIpc) is 1.80. The topological polar surface area (TPSA) is 26.0 Å². The standard InChI is InChI=1S/C8H17N/c1-6-3-4-8(9)7(2)5-6/h6-8H,3-5,9H2,1-2H3/t6-,7+,8-/m0/s1. The fraction of sp³-hybridized carbons (Fsp3) is 1.00. The van der Waals surface area contributed by atoms with E-state index in [0.717, 1.165) is 11.8 Å². The first kappa shape index (κ1) is 7.07. The van der Waals surface area contributed by atoms with Gasteiger partial charge in [-0.15, -0.1) is 0 Å². The van der Waals surface area contributed by atoms with E-state index in [1.165, 1.54) is 19.3 Å². The highest BCUT2D eigenvalue weighted by Crippen LogP contribution is 2.26. The summed E-state index contributed by atoms with van der Waals surface area (Å²) in [6.45, 7) is 4.59.